The molecular formula is C11H18N4O2. The maximum Gasteiger partial charge on any atom is 0.223 e. The van der Waals surface area contributed by atoms with Gasteiger partial charge in [-0.3, -0.25) is 9.48 Å². The first kappa shape index (κ1) is 12.0. The molecule has 0 saturated carbocycles. The standard InChI is InChI=1S/C11H18N4O2/c1-8-3-4-15-5-10(13-14-15)7-17-6-9(2)12-11(8)16/h5,8-9H,3-4,6-7H2,1-2H3,(H,12,16)/t8-,9+/m1/s1. The monoisotopic (exact) mass is 238 g/mol. The Bertz CT molecular complexity index is 391. The Morgan fingerprint density at radius 3 is 3.18 bits per heavy atom. The fraction of sp³-hybridized carbons (Fsp3) is 0.727. The minimum Gasteiger partial charge on any atom is -0.373 e. The number of nitrogens with one attached hydrogen (secondary N) is 1. The van der Waals surface area contributed by atoms with Gasteiger partial charge in [-0.15, -0.1) is 5.10 Å². The van der Waals surface area contributed by atoms with E-state index in [1.807, 2.05) is 20.0 Å². The first-order valence-electron chi connectivity index (χ1n) is 5.92. The van der Waals surface area contributed by atoms with Crippen LogP contribution in [-0.2, 0) is 22.7 Å². The minimum atomic E-state index is -0.0236. The van der Waals surface area contributed by atoms with Gasteiger partial charge in [-0.2, -0.15) is 0 Å². The third kappa shape index (κ3) is 3.26. The molecule has 2 heterocycles. The molecule has 1 N–H and O–H groups in total. The van der Waals surface area contributed by atoms with Gasteiger partial charge in [0.15, 0.2) is 0 Å². The van der Waals surface area contributed by atoms with E-state index >= 15 is 0 Å². The highest BCUT2D eigenvalue weighted by Gasteiger charge is 2.16. The van der Waals surface area contributed by atoms with E-state index in [1.165, 1.54) is 0 Å². The third-order valence-electron chi connectivity index (χ3n) is 2.83. The molecule has 0 spiro atoms. The molecule has 0 saturated heterocycles. The number of hydrogen-bond acceptors (Lipinski definition) is 4. The molecule has 1 amide bonds. The van der Waals surface area contributed by atoms with E-state index in [2.05, 4.69) is 15.6 Å². The molecule has 17 heavy (non-hydrogen) atoms. The van der Waals surface area contributed by atoms with Gasteiger partial charge in [0.25, 0.3) is 0 Å². The first-order valence-corrected chi connectivity index (χ1v) is 5.92. The van der Waals surface area contributed by atoms with E-state index in [9.17, 15) is 4.79 Å². The second kappa shape index (κ2) is 5.27. The summed E-state index contributed by atoms with van der Waals surface area (Å²) in [6.45, 7) is 5.50. The Morgan fingerprint density at radius 1 is 1.53 bits per heavy atom. The predicted molar refractivity (Wildman–Crippen MR) is 61.1 cm³/mol. The Morgan fingerprint density at radius 2 is 2.35 bits per heavy atom. The van der Waals surface area contributed by atoms with Crippen LogP contribution in [0.2, 0.25) is 0 Å². The predicted octanol–water partition coefficient (Wildman–Crippen LogP) is 0.339. The number of ether oxygens (including phenoxy) is 1. The average molecular weight is 238 g/mol. The van der Waals surface area contributed by atoms with Crippen LogP contribution in [-0.4, -0.2) is 33.5 Å². The van der Waals surface area contributed by atoms with E-state index < -0.39 is 0 Å². The summed E-state index contributed by atoms with van der Waals surface area (Å²) in [6.07, 6.45) is 2.64. The van der Waals surface area contributed by atoms with Crippen LogP contribution in [0.3, 0.4) is 0 Å². The van der Waals surface area contributed by atoms with Crippen molar-refractivity contribution in [2.45, 2.75) is 39.5 Å². The number of aryl methyl sites for hydroxylation is 1. The molecule has 0 radical (unpaired) electrons. The van der Waals surface area contributed by atoms with Crippen LogP contribution in [0.5, 0.6) is 0 Å². The van der Waals surface area contributed by atoms with E-state index in [0.29, 0.717) is 19.8 Å². The van der Waals surface area contributed by atoms with Crippen molar-refractivity contribution in [3.8, 4) is 0 Å². The summed E-state index contributed by atoms with van der Waals surface area (Å²) in [5, 5.41) is 10.9. The lowest BCUT2D eigenvalue weighted by atomic mass is 10.1. The van der Waals surface area contributed by atoms with Gasteiger partial charge in [0.2, 0.25) is 5.91 Å². The molecule has 6 heteroatoms. The number of amides is 1. The van der Waals surface area contributed by atoms with Crippen LogP contribution < -0.4 is 5.32 Å². The van der Waals surface area contributed by atoms with Crippen molar-refractivity contribution in [3.05, 3.63) is 11.9 Å². The average Bonchev–Trinajstić information content (AvgIpc) is 2.72. The maximum atomic E-state index is 11.8. The van der Waals surface area contributed by atoms with Crippen molar-refractivity contribution in [1.82, 2.24) is 20.3 Å². The lowest BCUT2D eigenvalue weighted by Gasteiger charge is -2.17. The minimum absolute atomic E-state index is 0.0236. The largest absolute Gasteiger partial charge is 0.373 e. The fourth-order valence-electron chi connectivity index (χ4n) is 1.74. The molecule has 6 nitrogen and oxygen atoms in total. The number of carbonyl (C=O) groups is 1. The summed E-state index contributed by atoms with van der Waals surface area (Å²) in [7, 11) is 0. The number of hydrogen-bond donors (Lipinski definition) is 1. The lowest BCUT2D eigenvalue weighted by Crippen LogP contribution is -2.39. The first-order chi connectivity index (χ1) is 8.15. The molecular weight excluding hydrogens is 220 g/mol. The van der Waals surface area contributed by atoms with E-state index in [4.69, 9.17) is 4.74 Å². The van der Waals surface area contributed by atoms with Crippen LogP contribution in [0.1, 0.15) is 26.0 Å². The van der Waals surface area contributed by atoms with E-state index in [1.54, 1.807) is 4.68 Å². The summed E-state index contributed by atoms with van der Waals surface area (Å²) in [4.78, 5) is 11.8. The van der Waals surface area contributed by atoms with Crippen molar-refractivity contribution in [1.29, 1.82) is 0 Å². The Labute approximate surface area is 100 Å². The zero-order valence-corrected chi connectivity index (χ0v) is 10.2. The highest BCUT2D eigenvalue weighted by molar-refractivity contribution is 5.78. The third-order valence-corrected chi connectivity index (χ3v) is 2.83. The molecule has 2 bridgehead atoms. The van der Waals surface area contributed by atoms with Crippen LogP contribution in [0.4, 0.5) is 0 Å². The number of nitrogens with zero attached hydrogens (tertiary/aromatic N) is 3. The van der Waals surface area contributed by atoms with Gasteiger partial charge in [-0.1, -0.05) is 12.1 Å². The summed E-state index contributed by atoms with van der Waals surface area (Å²) < 4.78 is 7.23. The second-order valence-corrected chi connectivity index (χ2v) is 4.59. The number of fused-ring (bicyclic) bond motifs is 2. The molecule has 1 aromatic heterocycles. The molecule has 0 unspecified atom stereocenters. The highest BCUT2D eigenvalue weighted by atomic mass is 16.5. The van der Waals surface area contributed by atoms with Gasteiger partial charge in [-0.05, 0) is 13.3 Å². The van der Waals surface area contributed by atoms with Gasteiger partial charge in [0.1, 0.15) is 5.69 Å². The van der Waals surface area contributed by atoms with Gasteiger partial charge in [-0.25, -0.2) is 0 Å². The van der Waals surface area contributed by atoms with Gasteiger partial charge < -0.3 is 10.1 Å². The van der Waals surface area contributed by atoms with Crippen LogP contribution in [0, 0.1) is 5.92 Å². The van der Waals surface area contributed by atoms with Crippen LogP contribution in [0.15, 0.2) is 6.20 Å². The maximum absolute atomic E-state index is 11.8. The Kier molecular flexibility index (Phi) is 3.73. The van der Waals surface area contributed by atoms with Crippen molar-refractivity contribution < 1.29 is 9.53 Å². The number of aromatic nitrogens is 3. The van der Waals surface area contributed by atoms with Crippen LogP contribution in [0.25, 0.3) is 0 Å². The van der Waals surface area contributed by atoms with Gasteiger partial charge in [0, 0.05) is 18.5 Å². The van der Waals surface area contributed by atoms with Crippen molar-refractivity contribution in [2.24, 2.45) is 5.92 Å². The van der Waals surface area contributed by atoms with Gasteiger partial charge in [0.05, 0.1) is 19.4 Å². The molecule has 0 aromatic carbocycles. The van der Waals surface area contributed by atoms with Gasteiger partial charge >= 0.3 is 0 Å². The molecule has 1 aliphatic rings. The lowest BCUT2D eigenvalue weighted by molar-refractivity contribution is -0.125. The second-order valence-electron chi connectivity index (χ2n) is 4.59. The Hall–Kier alpha value is -1.43. The molecule has 0 aliphatic carbocycles. The molecule has 1 aliphatic heterocycles. The summed E-state index contributed by atoms with van der Waals surface area (Å²) in [6, 6.07) is 0.0272. The van der Waals surface area contributed by atoms with E-state index in [0.717, 1.165) is 12.1 Å². The Balaban J connectivity index is 2.07. The molecule has 2 rings (SSSR count). The number of rotatable bonds is 0. The zero-order chi connectivity index (χ0) is 12.3. The number of carbonyl (C=O) groups excluding carboxylic acids is 1. The molecule has 0 fully saturated rings. The van der Waals surface area contributed by atoms with Crippen molar-refractivity contribution in [3.63, 3.8) is 0 Å². The van der Waals surface area contributed by atoms with Crippen molar-refractivity contribution >= 4 is 5.91 Å². The normalized spacial score (nSPS) is 26.8. The fourth-order valence-corrected chi connectivity index (χ4v) is 1.74. The smallest absolute Gasteiger partial charge is 0.223 e. The summed E-state index contributed by atoms with van der Waals surface area (Å²) in [5.41, 5.74) is 0.830. The summed E-state index contributed by atoms with van der Waals surface area (Å²) >= 11 is 0. The van der Waals surface area contributed by atoms with E-state index in [-0.39, 0.29) is 17.9 Å². The molecule has 94 valence electrons. The molecule has 2 atom stereocenters. The van der Waals surface area contributed by atoms with Crippen molar-refractivity contribution in [2.75, 3.05) is 6.61 Å². The topological polar surface area (TPSA) is 69.0 Å². The zero-order valence-electron chi connectivity index (χ0n) is 10.2. The van der Waals surface area contributed by atoms with Crippen LogP contribution >= 0.6 is 0 Å². The SMILES string of the molecule is C[C@@H]1CCn2cc(nn2)COC[C@H](C)NC1=O. The quantitative estimate of drug-likeness (QED) is 0.707. The molecule has 1 aromatic rings. The highest BCUT2D eigenvalue weighted by Crippen LogP contribution is 2.07. The summed E-state index contributed by atoms with van der Waals surface area (Å²) in [5.74, 6) is 0.0477.